The highest BCUT2D eigenvalue weighted by Crippen LogP contribution is 2.28. The molecule has 2 aromatic carbocycles. The van der Waals surface area contributed by atoms with Crippen molar-refractivity contribution in [2.75, 3.05) is 32.1 Å². The second kappa shape index (κ2) is 13.1. The molecule has 43 heavy (non-hydrogen) atoms. The Morgan fingerprint density at radius 2 is 1.84 bits per heavy atom. The average Bonchev–Trinajstić information content (AvgIpc) is 3.18. The van der Waals surface area contributed by atoms with E-state index in [9.17, 15) is 28.7 Å². The van der Waals surface area contributed by atoms with Gasteiger partial charge in [-0.1, -0.05) is 41.9 Å². The van der Waals surface area contributed by atoms with Crippen molar-refractivity contribution in [3.8, 4) is 11.1 Å². The fraction of sp³-hybridized carbons (Fsp3) is 0.400. The fourth-order valence-electron chi connectivity index (χ4n) is 5.63. The number of aliphatic hydroxyl groups excluding tert-OH is 1. The summed E-state index contributed by atoms with van der Waals surface area (Å²) in [7, 11) is 1.29. The summed E-state index contributed by atoms with van der Waals surface area (Å²) >= 11 is 6.17. The number of amides is 3. The molecule has 1 saturated heterocycles. The first kappa shape index (κ1) is 30.5. The summed E-state index contributed by atoms with van der Waals surface area (Å²) in [6, 6.07) is 11.5. The van der Waals surface area contributed by atoms with Crippen LogP contribution in [-0.4, -0.2) is 75.1 Å². The number of nitrogens with one attached hydrogen (secondary N) is 1. The predicted molar refractivity (Wildman–Crippen MR) is 158 cm³/mol. The van der Waals surface area contributed by atoms with Crippen LogP contribution in [0.5, 0.6) is 0 Å². The van der Waals surface area contributed by atoms with Crippen molar-refractivity contribution in [3.05, 3.63) is 85.9 Å². The van der Waals surface area contributed by atoms with E-state index in [1.54, 1.807) is 4.90 Å². The van der Waals surface area contributed by atoms with Crippen LogP contribution in [0.15, 0.2) is 58.3 Å². The highest BCUT2D eigenvalue weighted by molar-refractivity contribution is 6.33. The summed E-state index contributed by atoms with van der Waals surface area (Å²) in [6.45, 7) is 0.779. The first-order chi connectivity index (χ1) is 20.7. The zero-order chi connectivity index (χ0) is 30.7. The minimum atomic E-state index is -1.22. The van der Waals surface area contributed by atoms with Gasteiger partial charge in [0.1, 0.15) is 12.4 Å². The Morgan fingerprint density at radius 3 is 2.58 bits per heavy atom. The van der Waals surface area contributed by atoms with Gasteiger partial charge in [0.25, 0.3) is 5.56 Å². The number of piperidine rings is 1. The molecule has 1 fully saturated rings. The molecule has 1 unspecified atom stereocenters. The Balaban J connectivity index is 1.33. The molecule has 5 rings (SSSR count). The second-order valence-electron chi connectivity index (χ2n) is 10.6. The van der Waals surface area contributed by atoms with Gasteiger partial charge in [0, 0.05) is 63.2 Å². The van der Waals surface area contributed by atoms with E-state index >= 15 is 0 Å². The molecule has 11 nitrogen and oxygen atoms in total. The van der Waals surface area contributed by atoms with Gasteiger partial charge in [-0.15, -0.1) is 0 Å². The largest absolute Gasteiger partial charge is 0.368 e. The molecular weight excluding hydrogens is 581 g/mol. The number of carbonyl (C=O) groups excluding carboxylic acids is 2. The van der Waals surface area contributed by atoms with E-state index in [2.05, 4.69) is 5.32 Å². The second-order valence-corrected chi connectivity index (χ2v) is 11.0. The van der Waals surface area contributed by atoms with Crippen LogP contribution in [0, 0.1) is 5.82 Å². The average molecular weight is 614 g/mol. The minimum absolute atomic E-state index is 0.0445. The number of ether oxygens (including phenoxy) is 1. The molecule has 3 heterocycles. The van der Waals surface area contributed by atoms with E-state index < -0.39 is 23.4 Å². The van der Waals surface area contributed by atoms with Gasteiger partial charge in [-0.2, -0.15) is 0 Å². The summed E-state index contributed by atoms with van der Waals surface area (Å²) < 4.78 is 21.1. The van der Waals surface area contributed by atoms with Crippen LogP contribution < -0.4 is 16.6 Å². The van der Waals surface area contributed by atoms with Crippen molar-refractivity contribution in [1.29, 1.82) is 0 Å². The van der Waals surface area contributed by atoms with Crippen LogP contribution in [-0.2, 0) is 29.0 Å². The monoisotopic (exact) mass is 613 g/mol. The number of halogens is 2. The molecule has 1 atom stereocenters. The number of anilines is 1. The molecular formula is C30H33ClFN5O6. The maximum Gasteiger partial charge on any atom is 0.331 e. The quantitative estimate of drug-likeness (QED) is 0.376. The number of fused-ring (bicyclic) bond motifs is 1. The molecule has 0 saturated carbocycles. The summed E-state index contributed by atoms with van der Waals surface area (Å²) in [5.41, 5.74) is 0.415. The lowest BCUT2D eigenvalue weighted by atomic mass is 10.0. The number of rotatable bonds is 8. The van der Waals surface area contributed by atoms with Crippen LogP contribution in [0.3, 0.4) is 0 Å². The standard InChI is InChI=1S/C30H33ClFN5O6/c1-43-26(39)12-16-37-28(40)22(21-6-4-7-23(32)27(21)31)17-35(30(37)42)18-25(38)34-13-10-20(11-14-34)36-15-9-19-5-2-3-8-24(19)33-29(36)41/h2-8,17,20,26,39H,9-16,18H2,1H3,(H,33,41). The van der Waals surface area contributed by atoms with Gasteiger partial charge in [0.15, 0.2) is 6.29 Å². The van der Waals surface area contributed by atoms with Gasteiger partial charge < -0.3 is 25.0 Å². The van der Waals surface area contributed by atoms with Crippen LogP contribution in [0.2, 0.25) is 5.02 Å². The molecule has 0 radical (unpaired) electrons. The van der Waals surface area contributed by atoms with Crippen molar-refractivity contribution >= 4 is 29.2 Å². The van der Waals surface area contributed by atoms with Crippen molar-refractivity contribution in [2.24, 2.45) is 0 Å². The lowest BCUT2D eigenvalue weighted by Crippen LogP contribution is -2.51. The number of aromatic nitrogens is 2. The topological polar surface area (TPSA) is 126 Å². The van der Waals surface area contributed by atoms with Gasteiger partial charge in [-0.25, -0.2) is 14.0 Å². The van der Waals surface area contributed by atoms with Gasteiger partial charge in [-0.05, 0) is 37.0 Å². The van der Waals surface area contributed by atoms with Crippen molar-refractivity contribution in [1.82, 2.24) is 18.9 Å². The fourth-order valence-corrected chi connectivity index (χ4v) is 5.86. The maximum atomic E-state index is 14.3. The zero-order valence-electron chi connectivity index (χ0n) is 23.7. The maximum absolute atomic E-state index is 14.3. The number of carbonyl (C=O) groups is 2. The van der Waals surface area contributed by atoms with Crippen molar-refractivity contribution < 1.29 is 23.8 Å². The van der Waals surface area contributed by atoms with E-state index in [0.717, 1.165) is 32.9 Å². The Kier molecular flexibility index (Phi) is 9.28. The third kappa shape index (κ3) is 6.51. The molecule has 2 N–H and O–H groups in total. The molecule has 0 aliphatic carbocycles. The summed E-state index contributed by atoms with van der Waals surface area (Å²) in [5.74, 6) is -1.08. The molecule has 1 aromatic heterocycles. The van der Waals surface area contributed by atoms with Crippen LogP contribution in [0.4, 0.5) is 14.9 Å². The number of benzene rings is 2. The number of likely N-dealkylation sites (tertiary alicyclic amines) is 1. The lowest BCUT2D eigenvalue weighted by molar-refractivity contribution is -0.133. The van der Waals surface area contributed by atoms with Gasteiger partial charge in [0.05, 0.1) is 10.6 Å². The van der Waals surface area contributed by atoms with Gasteiger partial charge >= 0.3 is 11.7 Å². The molecule has 13 heteroatoms. The minimum Gasteiger partial charge on any atom is -0.368 e. The summed E-state index contributed by atoms with van der Waals surface area (Å²) in [5, 5.41) is 12.5. The van der Waals surface area contributed by atoms with Crippen LogP contribution in [0.1, 0.15) is 24.8 Å². The number of hydrogen-bond donors (Lipinski definition) is 2. The van der Waals surface area contributed by atoms with Gasteiger partial charge in [-0.3, -0.25) is 18.7 Å². The van der Waals surface area contributed by atoms with Crippen LogP contribution >= 0.6 is 11.6 Å². The first-order valence-corrected chi connectivity index (χ1v) is 14.5. The Labute approximate surface area is 252 Å². The van der Waals surface area contributed by atoms with E-state index in [4.69, 9.17) is 16.3 Å². The molecule has 228 valence electrons. The number of hydrogen-bond acceptors (Lipinski definition) is 6. The highest BCUT2D eigenvalue weighted by atomic mass is 35.5. The third-order valence-corrected chi connectivity index (χ3v) is 8.44. The number of urea groups is 1. The SMILES string of the molecule is COC(O)CCn1c(=O)c(-c2cccc(F)c2Cl)cn(CC(=O)N2CCC(N3CCc4ccccc4NC3=O)CC2)c1=O. The normalized spacial score (nSPS) is 16.4. The molecule has 3 aromatic rings. The number of methoxy groups -OCH3 is 1. The van der Waals surface area contributed by atoms with Crippen LogP contribution in [0.25, 0.3) is 11.1 Å². The molecule has 0 bridgehead atoms. The van der Waals surface area contributed by atoms with E-state index in [1.165, 1.54) is 25.4 Å². The first-order valence-electron chi connectivity index (χ1n) is 14.1. The summed E-state index contributed by atoms with van der Waals surface area (Å²) in [6.07, 6.45) is 1.81. The molecule has 3 amide bonds. The lowest BCUT2D eigenvalue weighted by Gasteiger charge is -2.38. The molecule has 2 aliphatic rings. The number of nitrogens with zero attached hydrogens (tertiary/aromatic N) is 4. The van der Waals surface area contributed by atoms with Crippen molar-refractivity contribution in [2.45, 2.75) is 51.1 Å². The highest BCUT2D eigenvalue weighted by Gasteiger charge is 2.31. The molecule has 0 spiro atoms. The van der Waals surface area contributed by atoms with E-state index in [1.807, 2.05) is 29.2 Å². The zero-order valence-corrected chi connectivity index (χ0v) is 24.4. The third-order valence-electron chi connectivity index (χ3n) is 8.06. The Bertz CT molecular complexity index is 1630. The summed E-state index contributed by atoms with van der Waals surface area (Å²) in [4.78, 5) is 56.5. The Morgan fingerprint density at radius 1 is 1.09 bits per heavy atom. The van der Waals surface area contributed by atoms with E-state index in [0.29, 0.717) is 32.5 Å². The van der Waals surface area contributed by atoms with Crippen molar-refractivity contribution in [3.63, 3.8) is 0 Å². The smallest absolute Gasteiger partial charge is 0.331 e. The molecule has 2 aliphatic heterocycles. The number of para-hydroxylation sites is 1. The van der Waals surface area contributed by atoms with E-state index in [-0.39, 0.29) is 53.6 Å². The Hall–Kier alpha value is -4.00. The van der Waals surface area contributed by atoms with Gasteiger partial charge in [0.2, 0.25) is 5.91 Å². The number of aliphatic hydroxyl groups is 1. The predicted octanol–water partition coefficient (Wildman–Crippen LogP) is 2.91.